The summed E-state index contributed by atoms with van der Waals surface area (Å²) in [4.78, 5) is 1.98. The predicted molar refractivity (Wildman–Crippen MR) is 154 cm³/mol. The van der Waals surface area contributed by atoms with Gasteiger partial charge in [0.05, 0.1) is 105 Å². The van der Waals surface area contributed by atoms with Crippen molar-refractivity contribution >= 4 is 0 Å². The molecule has 0 aromatic carbocycles. The second-order valence-corrected chi connectivity index (χ2v) is 10.2. The molecule has 17 heteroatoms. The molecule has 0 aromatic rings. The highest BCUT2D eigenvalue weighted by Gasteiger charge is 2.17. The predicted octanol–water partition coefficient (Wildman–Crippen LogP) is -4.45. The molecule has 0 rings (SSSR count). The Morgan fingerprint density at radius 2 is 0.977 bits per heavy atom. The number of hydrogen-bond donors (Lipinski definition) is 8. The Kier molecular flexibility index (Phi) is 29.2. The molecular weight excluding hydrogens is 594 g/mol. The average molecular weight is 652 g/mol. The lowest BCUT2D eigenvalue weighted by Gasteiger charge is -2.24. The van der Waals surface area contributed by atoms with Crippen molar-refractivity contribution in [2.75, 3.05) is 126 Å². The molecule has 0 saturated carbocycles. The van der Waals surface area contributed by atoms with Gasteiger partial charge < -0.3 is 83.6 Å². The first-order valence-corrected chi connectivity index (χ1v) is 14.7. The van der Waals surface area contributed by atoms with Crippen LogP contribution in [0.25, 0.3) is 0 Å². The van der Waals surface area contributed by atoms with Gasteiger partial charge in [0, 0.05) is 20.2 Å². The molecule has 0 saturated heterocycles. The molecule has 7 unspecified atom stereocenters. The van der Waals surface area contributed by atoms with Crippen LogP contribution in [-0.4, -0.2) is 215 Å². The van der Waals surface area contributed by atoms with Gasteiger partial charge in [-0.2, -0.15) is 0 Å². The van der Waals surface area contributed by atoms with E-state index in [4.69, 9.17) is 53.2 Å². The molecule has 44 heavy (non-hydrogen) atoms. The van der Waals surface area contributed by atoms with Gasteiger partial charge in [0.25, 0.3) is 0 Å². The van der Waals surface area contributed by atoms with Crippen LogP contribution < -0.4 is 0 Å². The van der Waals surface area contributed by atoms with E-state index >= 15 is 0 Å². The Morgan fingerprint density at radius 1 is 0.500 bits per heavy atom. The Labute approximate surface area is 259 Å². The van der Waals surface area contributed by atoms with Gasteiger partial charge in [-0.05, 0) is 13.5 Å². The zero-order valence-electron chi connectivity index (χ0n) is 26.1. The number of aliphatic hydroxyl groups is 8. The van der Waals surface area contributed by atoms with Crippen molar-refractivity contribution in [1.82, 2.24) is 4.90 Å². The summed E-state index contributed by atoms with van der Waals surface area (Å²) in [6.45, 7) is 0.526. The second kappa shape index (κ2) is 29.7. The van der Waals surface area contributed by atoms with Gasteiger partial charge in [-0.3, -0.25) is 0 Å². The van der Waals surface area contributed by atoms with E-state index in [1.807, 2.05) is 11.9 Å². The molecule has 0 aliphatic heterocycles. The van der Waals surface area contributed by atoms with Crippen LogP contribution in [0.15, 0.2) is 0 Å². The van der Waals surface area contributed by atoms with Crippen molar-refractivity contribution in [2.24, 2.45) is 0 Å². The highest BCUT2D eigenvalue weighted by Crippen LogP contribution is 2.06. The van der Waals surface area contributed by atoms with Gasteiger partial charge in [-0.1, -0.05) is 0 Å². The minimum atomic E-state index is -1.03. The van der Waals surface area contributed by atoms with E-state index in [1.165, 1.54) is 7.11 Å². The number of aliphatic hydroxyl groups excluding tert-OH is 8. The van der Waals surface area contributed by atoms with Crippen LogP contribution in [0.1, 0.15) is 6.42 Å². The number of likely N-dealkylation sites (N-methyl/N-ethyl adjacent to an activating group) is 1. The van der Waals surface area contributed by atoms with E-state index in [0.29, 0.717) is 32.7 Å². The van der Waals surface area contributed by atoms with E-state index in [-0.39, 0.29) is 72.7 Å². The molecular formula is C27H57NO16. The van der Waals surface area contributed by atoms with Crippen molar-refractivity contribution in [3.63, 3.8) is 0 Å². The third-order valence-corrected chi connectivity index (χ3v) is 5.76. The highest BCUT2D eigenvalue weighted by atomic mass is 16.7. The molecule has 17 nitrogen and oxygen atoms in total. The fourth-order valence-electron chi connectivity index (χ4n) is 3.24. The summed E-state index contributed by atoms with van der Waals surface area (Å²) in [5.74, 6) is 0. The van der Waals surface area contributed by atoms with E-state index in [2.05, 4.69) is 0 Å². The SMILES string of the molecule is COCC(OCCC(COCC(O)COCC(O)CO)OCCN(C)CCOCC(O)CO)OCC(O)COCC(O)CO. The molecule has 0 aliphatic carbocycles. The number of ether oxygens (including phenoxy) is 8. The summed E-state index contributed by atoms with van der Waals surface area (Å²) in [5, 5.41) is 74.5. The molecule has 0 aromatic heterocycles. The Bertz CT molecular complexity index is 612. The average Bonchev–Trinajstić information content (AvgIpc) is 3.01. The summed E-state index contributed by atoms with van der Waals surface area (Å²) in [5.41, 5.74) is 0. The summed E-state index contributed by atoms with van der Waals surface area (Å²) in [6, 6.07) is 0. The van der Waals surface area contributed by atoms with Crippen molar-refractivity contribution in [3.8, 4) is 0 Å². The number of nitrogens with zero attached hydrogens (tertiary/aromatic N) is 1. The lowest BCUT2D eigenvalue weighted by Crippen LogP contribution is -2.33. The number of methoxy groups -OCH3 is 1. The third kappa shape index (κ3) is 26.5. The minimum absolute atomic E-state index is 0.0441. The van der Waals surface area contributed by atoms with Crippen molar-refractivity contribution in [2.45, 2.75) is 49.3 Å². The molecule has 266 valence electrons. The number of hydrogen-bond acceptors (Lipinski definition) is 17. The lowest BCUT2D eigenvalue weighted by molar-refractivity contribution is -0.188. The highest BCUT2D eigenvalue weighted by molar-refractivity contribution is 4.62. The fourth-order valence-corrected chi connectivity index (χ4v) is 3.24. The largest absolute Gasteiger partial charge is 0.394 e. The maximum absolute atomic E-state index is 10.1. The topological polar surface area (TPSA) is 239 Å². The molecule has 8 N–H and O–H groups in total. The van der Waals surface area contributed by atoms with Gasteiger partial charge >= 0.3 is 0 Å². The summed E-state index contributed by atoms with van der Waals surface area (Å²) in [6.07, 6.45) is -5.70. The first kappa shape index (κ1) is 43.3. The summed E-state index contributed by atoms with van der Waals surface area (Å²) < 4.78 is 43.7. The zero-order valence-corrected chi connectivity index (χ0v) is 26.1. The lowest BCUT2D eigenvalue weighted by atomic mass is 10.3. The fraction of sp³-hybridized carbons (Fsp3) is 1.00. The van der Waals surface area contributed by atoms with Crippen LogP contribution in [0, 0.1) is 0 Å². The minimum Gasteiger partial charge on any atom is -0.394 e. The standard InChI is InChI=1S/C27H57NO16/c1-28(4-7-38-12-21(32)9-29)5-8-42-26(19-41-16-24(35)15-39-13-22(33)10-30)3-6-43-27(20-37-2)44-18-25(36)17-40-14-23(34)11-31/h21-27,29-36H,3-20H2,1-2H3. The smallest absolute Gasteiger partial charge is 0.180 e. The first-order valence-electron chi connectivity index (χ1n) is 14.7. The maximum atomic E-state index is 10.1. The number of rotatable bonds is 33. The Hall–Kier alpha value is -0.680. The van der Waals surface area contributed by atoms with Gasteiger partial charge in [0.15, 0.2) is 6.29 Å². The molecule has 0 amide bonds. The van der Waals surface area contributed by atoms with Crippen molar-refractivity contribution in [1.29, 1.82) is 0 Å². The van der Waals surface area contributed by atoms with E-state index in [9.17, 15) is 25.5 Å². The van der Waals surface area contributed by atoms with Crippen LogP contribution in [0.3, 0.4) is 0 Å². The van der Waals surface area contributed by atoms with Crippen molar-refractivity contribution < 1.29 is 78.7 Å². The van der Waals surface area contributed by atoms with Crippen LogP contribution in [0.2, 0.25) is 0 Å². The normalized spacial score (nSPS) is 17.0. The summed E-state index contributed by atoms with van der Waals surface area (Å²) >= 11 is 0. The quantitative estimate of drug-likeness (QED) is 0.0247. The molecule has 7 atom stereocenters. The van der Waals surface area contributed by atoms with Crippen molar-refractivity contribution in [3.05, 3.63) is 0 Å². The second-order valence-electron chi connectivity index (χ2n) is 10.2. The van der Waals surface area contributed by atoms with E-state index in [1.54, 1.807) is 0 Å². The monoisotopic (exact) mass is 651 g/mol. The van der Waals surface area contributed by atoms with Gasteiger partial charge in [0.1, 0.15) is 30.5 Å². The Balaban J connectivity index is 4.66. The molecule has 0 fully saturated rings. The van der Waals surface area contributed by atoms with Gasteiger partial charge in [-0.15, -0.1) is 0 Å². The first-order chi connectivity index (χ1) is 21.1. The zero-order chi connectivity index (χ0) is 33.0. The Morgan fingerprint density at radius 3 is 1.52 bits per heavy atom. The van der Waals surface area contributed by atoms with Gasteiger partial charge in [-0.25, -0.2) is 0 Å². The van der Waals surface area contributed by atoms with Crippen LogP contribution in [0.4, 0.5) is 0 Å². The molecule has 0 heterocycles. The van der Waals surface area contributed by atoms with E-state index in [0.717, 1.165) is 0 Å². The van der Waals surface area contributed by atoms with Crippen LogP contribution in [0.5, 0.6) is 0 Å². The molecule has 0 bridgehead atoms. The molecule has 0 aliphatic rings. The molecule has 0 radical (unpaired) electrons. The van der Waals surface area contributed by atoms with Crippen LogP contribution in [-0.2, 0) is 37.9 Å². The third-order valence-electron chi connectivity index (χ3n) is 5.76. The van der Waals surface area contributed by atoms with Crippen LogP contribution >= 0.6 is 0 Å². The van der Waals surface area contributed by atoms with E-state index < -0.39 is 56.1 Å². The molecule has 0 spiro atoms. The summed E-state index contributed by atoms with van der Waals surface area (Å²) in [7, 11) is 3.36. The maximum Gasteiger partial charge on any atom is 0.180 e. The van der Waals surface area contributed by atoms with Gasteiger partial charge in [0.2, 0.25) is 0 Å².